The summed E-state index contributed by atoms with van der Waals surface area (Å²) in [5, 5.41) is 22.6. The number of nitrogens with zero attached hydrogens (tertiary/aromatic N) is 2. The van der Waals surface area contributed by atoms with Crippen molar-refractivity contribution >= 4 is 40.3 Å². The van der Waals surface area contributed by atoms with Crippen molar-refractivity contribution in [1.29, 1.82) is 0 Å². The van der Waals surface area contributed by atoms with Gasteiger partial charge >= 0.3 is 12.1 Å². The molecule has 12 heteroatoms. The molecular weight excluding hydrogens is 375 g/mol. The molecule has 1 aromatic heterocycles. The first-order chi connectivity index (χ1) is 11.1. The second-order valence-electron chi connectivity index (χ2n) is 4.41. The lowest BCUT2D eigenvalue weighted by Crippen LogP contribution is -2.13. The van der Waals surface area contributed by atoms with E-state index >= 15 is 0 Å². The highest BCUT2D eigenvalue weighted by molar-refractivity contribution is 7.15. The molecule has 1 heterocycles. The number of rotatable bonds is 5. The molecule has 128 valence electrons. The van der Waals surface area contributed by atoms with Gasteiger partial charge in [-0.25, -0.2) is 9.78 Å². The molecule has 0 aliphatic carbocycles. The smallest absolute Gasteiger partial charge is 0.416 e. The largest absolute Gasteiger partial charge is 0.478 e. The van der Waals surface area contributed by atoms with Crippen LogP contribution in [-0.2, 0) is 12.7 Å². The minimum Gasteiger partial charge on any atom is -0.478 e. The summed E-state index contributed by atoms with van der Waals surface area (Å²) in [5.74, 6) is -1.73. The summed E-state index contributed by atoms with van der Waals surface area (Å²) in [6, 6.07) is 0.631. The number of halogens is 4. The molecule has 0 aliphatic rings. The molecule has 0 unspecified atom stereocenters. The summed E-state index contributed by atoms with van der Waals surface area (Å²) in [6.07, 6.45) is -3.56. The van der Waals surface area contributed by atoms with Gasteiger partial charge < -0.3 is 10.4 Å². The lowest BCUT2D eigenvalue weighted by atomic mass is 10.1. The van der Waals surface area contributed by atoms with Crippen molar-refractivity contribution in [1.82, 2.24) is 4.98 Å². The fraction of sp³-hybridized carbons (Fsp3) is 0.167. The van der Waals surface area contributed by atoms with E-state index in [1.807, 2.05) is 0 Å². The minimum absolute atomic E-state index is 0.0864. The molecule has 0 aliphatic heterocycles. The van der Waals surface area contributed by atoms with Crippen LogP contribution in [0, 0.1) is 10.1 Å². The second kappa shape index (κ2) is 6.61. The molecule has 0 amide bonds. The first-order valence-electron chi connectivity index (χ1n) is 6.06. The van der Waals surface area contributed by atoms with E-state index in [0.717, 1.165) is 11.3 Å². The number of nitro groups is 1. The SMILES string of the molecule is O=C(O)c1cc(C(F)(F)F)cc([N+](=O)[O-])c1NCc1cnc(Cl)s1. The van der Waals surface area contributed by atoms with E-state index in [1.54, 1.807) is 0 Å². The highest BCUT2D eigenvalue weighted by Gasteiger charge is 2.35. The summed E-state index contributed by atoms with van der Waals surface area (Å²) in [7, 11) is 0. The van der Waals surface area contributed by atoms with Gasteiger partial charge in [0.1, 0.15) is 5.69 Å². The van der Waals surface area contributed by atoms with Gasteiger partial charge in [-0.1, -0.05) is 11.6 Å². The number of nitrogens with one attached hydrogen (secondary N) is 1. The molecule has 7 nitrogen and oxygen atoms in total. The van der Waals surface area contributed by atoms with Gasteiger partial charge in [-0.2, -0.15) is 13.2 Å². The van der Waals surface area contributed by atoms with Crippen LogP contribution in [0.4, 0.5) is 24.5 Å². The topological polar surface area (TPSA) is 105 Å². The predicted octanol–water partition coefficient (Wildman–Crippen LogP) is 4.03. The number of hydrogen-bond donors (Lipinski definition) is 2. The van der Waals surface area contributed by atoms with Gasteiger partial charge in [0, 0.05) is 17.1 Å². The third-order valence-corrected chi connectivity index (χ3v) is 3.95. The van der Waals surface area contributed by atoms with E-state index < -0.39 is 39.6 Å². The van der Waals surface area contributed by atoms with Gasteiger partial charge in [-0.15, -0.1) is 11.3 Å². The highest BCUT2D eigenvalue weighted by atomic mass is 35.5. The molecule has 0 fully saturated rings. The first-order valence-corrected chi connectivity index (χ1v) is 7.26. The summed E-state index contributed by atoms with van der Waals surface area (Å²) in [6.45, 7) is -0.0864. The molecule has 2 rings (SSSR count). The van der Waals surface area contributed by atoms with Crippen LogP contribution in [0.3, 0.4) is 0 Å². The van der Waals surface area contributed by atoms with Crippen LogP contribution < -0.4 is 5.32 Å². The maximum atomic E-state index is 12.8. The zero-order valence-electron chi connectivity index (χ0n) is 11.4. The Balaban J connectivity index is 2.50. The lowest BCUT2D eigenvalue weighted by Gasteiger charge is -2.13. The zero-order valence-corrected chi connectivity index (χ0v) is 13.0. The number of nitro benzene ring substituents is 1. The Hall–Kier alpha value is -2.40. The van der Waals surface area contributed by atoms with Crippen molar-refractivity contribution in [2.75, 3.05) is 5.32 Å². The third kappa shape index (κ3) is 3.92. The average molecular weight is 382 g/mol. The first kappa shape index (κ1) is 17.9. The average Bonchev–Trinajstić information content (AvgIpc) is 2.88. The van der Waals surface area contributed by atoms with Gasteiger partial charge in [-0.05, 0) is 6.07 Å². The van der Waals surface area contributed by atoms with Crippen LogP contribution in [0.15, 0.2) is 18.3 Å². The summed E-state index contributed by atoms with van der Waals surface area (Å²) in [4.78, 5) is 25.5. The molecule has 2 aromatic rings. The van der Waals surface area contributed by atoms with Gasteiger partial charge in [0.15, 0.2) is 4.47 Å². The summed E-state index contributed by atoms with van der Waals surface area (Å²) in [5.41, 5.74) is -3.78. The summed E-state index contributed by atoms with van der Waals surface area (Å²) >= 11 is 6.67. The van der Waals surface area contributed by atoms with E-state index in [-0.39, 0.29) is 17.1 Å². The lowest BCUT2D eigenvalue weighted by molar-refractivity contribution is -0.384. The van der Waals surface area contributed by atoms with E-state index in [9.17, 15) is 28.1 Å². The van der Waals surface area contributed by atoms with Crippen molar-refractivity contribution in [3.63, 3.8) is 0 Å². The maximum absolute atomic E-state index is 12.8. The third-order valence-electron chi connectivity index (χ3n) is 2.84. The molecule has 0 saturated carbocycles. The zero-order chi connectivity index (χ0) is 18.1. The number of hydrogen-bond acceptors (Lipinski definition) is 6. The van der Waals surface area contributed by atoms with Crippen molar-refractivity contribution < 1.29 is 28.0 Å². The molecule has 0 radical (unpaired) electrons. The van der Waals surface area contributed by atoms with Crippen molar-refractivity contribution in [2.45, 2.75) is 12.7 Å². The monoisotopic (exact) mass is 381 g/mol. The molecular formula is C12H7ClF3N3O4S. The Morgan fingerprint density at radius 2 is 2.12 bits per heavy atom. The molecule has 0 saturated heterocycles. The van der Waals surface area contributed by atoms with Crippen molar-refractivity contribution in [3.05, 3.63) is 48.9 Å². The number of aromatic carboxylic acids is 1. The van der Waals surface area contributed by atoms with Gasteiger partial charge in [0.05, 0.1) is 22.6 Å². The number of alkyl halides is 3. The highest BCUT2D eigenvalue weighted by Crippen LogP contribution is 2.38. The van der Waals surface area contributed by atoms with Gasteiger partial charge in [-0.3, -0.25) is 10.1 Å². The van der Waals surface area contributed by atoms with Crippen LogP contribution in [0.25, 0.3) is 0 Å². The van der Waals surface area contributed by atoms with E-state index in [0.29, 0.717) is 10.9 Å². The van der Waals surface area contributed by atoms with Crippen LogP contribution in [-0.4, -0.2) is 21.0 Å². The Morgan fingerprint density at radius 3 is 2.58 bits per heavy atom. The van der Waals surface area contributed by atoms with Crippen LogP contribution in [0.2, 0.25) is 4.47 Å². The number of aromatic nitrogens is 1. The number of benzene rings is 1. The number of carboxylic acid groups (broad SMARTS) is 1. The van der Waals surface area contributed by atoms with E-state index in [2.05, 4.69) is 10.3 Å². The minimum atomic E-state index is -4.92. The number of anilines is 1. The molecule has 0 atom stereocenters. The maximum Gasteiger partial charge on any atom is 0.416 e. The Labute approximate surface area is 140 Å². The number of carbonyl (C=O) groups is 1. The number of thiazole rings is 1. The molecule has 2 N–H and O–H groups in total. The quantitative estimate of drug-likeness (QED) is 0.598. The normalized spacial score (nSPS) is 11.3. The van der Waals surface area contributed by atoms with Gasteiger partial charge in [0.25, 0.3) is 5.69 Å². The Morgan fingerprint density at radius 1 is 1.46 bits per heavy atom. The van der Waals surface area contributed by atoms with E-state index in [4.69, 9.17) is 16.7 Å². The van der Waals surface area contributed by atoms with Crippen molar-refractivity contribution in [2.24, 2.45) is 0 Å². The standard InChI is InChI=1S/C12H7ClF3N3O4S/c13-11-18-4-6(24-11)3-17-9-7(10(20)21)1-5(12(14,15)16)2-8(9)19(22)23/h1-2,4,17H,3H2,(H,20,21). The van der Waals surface area contributed by atoms with Crippen molar-refractivity contribution in [3.8, 4) is 0 Å². The van der Waals surface area contributed by atoms with Crippen LogP contribution >= 0.6 is 22.9 Å². The molecule has 1 aromatic carbocycles. The second-order valence-corrected chi connectivity index (χ2v) is 6.11. The van der Waals surface area contributed by atoms with E-state index in [1.165, 1.54) is 6.20 Å². The fourth-order valence-corrected chi connectivity index (χ4v) is 2.75. The molecule has 0 spiro atoms. The molecule has 24 heavy (non-hydrogen) atoms. The summed E-state index contributed by atoms with van der Waals surface area (Å²) < 4.78 is 38.6. The fourth-order valence-electron chi connectivity index (χ4n) is 1.83. The number of carboxylic acids is 1. The van der Waals surface area contributed by atoms with Crippen LogP contribution in [0.1, 0.15) is 20.8 Å². The van der Waals surface area contributed by atoms with Crippen LogP contribution in [0.5, 0.6) is 0 Å². The predicted molar refractivity (Wildman–Crippen MR) is 79.5 cm³/mol. The van der Waals surface area contributed by atoms with Gasteiger partial charge in [0.2, 0.25) is 0 Å². The Bertz CT molecular complexity index is 774. The molecule has 0 bridgehead atoms. The Kier molecular flexibility index (Phi) is 4.94.